The number of amides is 1. The molecule has 0 spiro atoms. The zero-order valence-electron chi connectivity index (χ0n) is 17.5. The highest BCUT2D eigenvalue weighted by Crippen LogP contribution is 2.29. The van der Waals surface area contributed by atoms with E-state index in [1.165, 1.54) is 11.1 Å². The monoisotopic (exact) mass is 408 g/mol. The maximum absolute atomic E-state index is 12.8. The first-order valence-corrected chi connectivity index (χ1v) is 13.4. The first-order valence-electron chi connectivity index (χ1n) is 10.4. The predicted molar refractivity (Wildman–Crippen MR) is 122 cm³/mol. The summed E-state index contributed by atoms with van der Waals surface area (Å²) in [5.41, 5.74) is 12.2. The summed E-state index contributed by atoms with van der Waals surface area (Å²) in [4.78, 5) is 24.8. The zero-order valence-corrected chi connectivity index (χ0v) is 18.5. The zero-order chi connectivity index (χ0) is 20.9. The minimum atomic E-state index is -2.22. The Morgan fingerprint density at radius 2 is 1.83 bits per heavy atom. The normalized spacial score (nSPS) is 15.8. The molecule has 0 unspecified atom stereocenters. The second-order valence-electron chi connectivity index (χ2n) is 8.51. The molecule has 1 fully saturated rings. The molecule has 0 bridgehead atoms. The highest BCUT2D eigenvalue weighted by atomic mass is 28.4. The van der Waals surface area contributed by atoms with Crippen molar-refractivity contribution in [2.45, 2.75) is 44.8 Å². The molecule has 3 rings (SSSR count). The summed E-state index contributed by atoms with van der Waals surface area (Å²) >= 11 is 0. The second-order valence-corrected chi connectivity index (χ2v) is 12.2. The lowest BCUT2D eigenvalue weighted by atomic mass is 9.88. The molecule has 1 aliphatic rings. The Bertz CT molecular complexity index is 865. The van der Waals surface area contributed by atoms with Gasteiger partial charge in [-0.2, -0.15) is 0 Å². The molecule has 0 saturated carbocycles. The van der Waals surface area contributed by atoms with E-state index in [9.17, 15) is 9.59 Å². The molecule has 1 amide bonds. The number of hydrogen-bond acceptors (Lipinski definition) is 3. The van der Waals surface area contributed by atoms with Crippen LogP contribution in [0.2, 0.25) is 13.1 Å². The molecule has 1 aliphatic heterocycles. The van der Waals surface area contributed by atoms with Crippen LogP contribution in [0.15, 0.2) is 54.2 Å². The maximum atomic E-state index is 12.8. The average molecular weight is 409 g/mol. The number of hydrogen-bond donors (Lipinski definition) is 2. The Morgan fingerprint density at radius 3 is 2.52 bits per heavy atom. The van der Waals surface area contributed by atoms with E-state index < -0.39 is 8.32 Å². The quantitative estimate of drug-likeness (QED) is 0.714. The summed E-state index contributed by atoms with van der Waals surface area (Å²) in [6, 6.07) is 16.6. The van der Waals surface area contributed by atoms with Crippen LogP contribution in [-0.4, -0.2) is 37.0 Å². The molecule has 1 heterocycles. The van der Waals surface area contributed by atoms with Gasteiger partial charge in [-0.25, -0.2) is 0 Å². The fraction of sp³-hybridized carbons (Fsp3) is 0.375. The molecule has 154 valence electrons. The van der Waals surface area contributed by atoms with Gasteiger partial charge in [0.2, 0.25) is 14.2 Å². The molecule has 29 heavy (non-hydrogen) atoms. The van der Waals surface area contributed by atoms with Gasteiger partial charge in [0.15, 0.2) is 0 Å². The van der Waals surface area contributed by atoms with Crippen molar-refractivity contribution < 1.29 is 9.59 Å². The van der Waals surface area contributed by atoms with Crippen molar-refractivity contribution in [3.8, 4) is 0 Å². The van der Waals surface area contributed by atoms with Gasteiger partial charge in [0.05, 0.1) is 6.42 Å². The van der Waals surface area contributed by atoms with Gasteiger partial charge >= 0.3 is 0 Å². The number of nitrogens with two attached hydrogens (primary N) is 1. The van der Waals surface area contributed by atoms with E-state index >= 15 is 0 Å². The van der Waals surface area contributed by atoms with E-state index in [1.54, 1.807) is 0 Å². The van der Waals surface area contributed by atoms with Gasteiger partial charge < -0.3 is 15.4 Å². The standard InChI is InChI=1S/C24H32N2O2Si/c1-29(2,28)14-11-19-5-3-6-20(15-19)17-24(27)26-12-9-22(10-13-26)23-8-4-7-21(16-23)18-25/h3-8,11,14-16,22,28H,9-10,12-13,17-18,25H2,1-2H3. The third kappa shape index (κ3) is 6.39. The van der Waals surface area contributed by atoms with Gasteiger partial charge in [-0.3, -0.25) is 4.79 Å². The number of rotatable bonds is 6. The Labute approximate surface area is 175 Å². The second kappa shape index (κ2) is 9.52. The number of nitrogens with zero attached hydrogens (tertiary/aromatic N) is 1. The van der Waals surface area contributed by atoms with Crippen LogP contribution in [-0.2, 0) is 17.8 Å². The van der Waals surface area contributed by atoms with Gasteiger partial charge in [0, 0.05) is 19.6 Å². The van der Waals surface area contributed by atoms with E-state index in [4.69, 9.17) is 5.73 Å². The molecule has 2 aromatic carbocycles. The molecule has 2 aromatic rings. The Morgan fingerprint density at radius 1 is 1.14 bits per heavy atom. The van der Waals surface area contributed by atoms with Crippen molar-refractivity contribution in [1.82, 2.24) is 4.90 Å². The SMILES string of the molecule is C[Si](C)(O)C=Cc1cccc(CC(=O)N2CCC(c3cccc(CN)c3)CC2)c1. The molecule has 0 aromatic heterocycles. The van der Waals surface area contributed by atoms with Gasteiger partial charge in [0.1, 0.15) is 0 Å². The van der Waals surface area contributed by atoms with Gasteiger partial charge in [-0.1, -0.05) is 60.3 Å². The average Bonchev–Trinajstić information content (AvgIpc) is 2.72. The van der Waals surface area contributed by atoms with Crippen LogP contribution in [0.1, 0.15) is 41.0 Å². The van der Waals surface area contributed by atoms with Crippen LogP contribution in [0, 0.1) is 0 Å². The molecular weight excluding hydrogens is 376 g/mol. The maximum Gasteiger partial charge on any atom is 0.226 e. The van der Waals surface area contributed by atoms with Crippen LogP contribution in [0.3, 0.4) is 0 Å². The molecule has 0 atom stereocenters. The Kier molecular flexibility index (Phi) is 7.06. The van der Waals surface area contributed by atoms with Crippen molar-refractivity contribution in [2.75, 3.05) is 13.1 Å². The molecule has 0 radical (unpaired) electrons. The summed E-state index contributed by atoms with van der Waals surface area (Å²) in [5, 5.41) is 0. The van der Waals surface area contributed by atoms with E-state index in [2.05, 4.69) is 24.3 Å². The minimum Gasteiger partial charge on any atom is -0.428 e. The topological polar surface area (TPSA) is 66.6 Å². The molecule has 4 nitrogen and oxygen atoms in total. The van der Waals surface area contributed by atoms with Gasteiger partial charge in [-0.05, 0) is 54.1 Å². The van der Waals surface area contributed by atoms with Crippen molar-refractivity contribution >= 4 is 20.3 Å². The molecule has 0 aliphatic carbocycles. The fourth-order valence-corrected chi connectivity index (χ4v) is 4.43. The number of carbonyl (C=O) groups is 1. The van der Waals surface area contributed by atoms with Crippen LogP contribution >= 0.6 is 0 Å². The van der Waals surface area contributed by atoms with Crippen molar-refractivity contribution in [2.24, 2.45) is 5.73 Å². The lowest BCUT2D eigenvalue weighted by Gasteiger charge is -2.32. The largest absolute Gasteiger partial charge is 0.428 e. The van der Waals surface area contributed by atoms with Crippen molar-refractivity contribution in [1.29, 1.82) is 0 Å². The third-order valence-corrected chi connectivity index (χ3v) is 6.48. The molecular formula is C24H32N2O2Si. The molecule has 1 saturated heterocycles. The minimum absolute atomic E-state index is 0.192. The van der Waals surface area contributed by atoms with Crippen LogP contribution in [0.25, 0.3) is 6.08 Å². The van der Waals surface area contributed by atoms with E-state index in [-0.39, 0.29) is 5.91 Å². The van der Waals surface area contributed by atoms with Gasteiger partial charge in [0.25, 0.3) is 0 Å². The summed E-state index contributed by atoms with van der Waals surface area (Å²) in [5.74, 6) is 0.696. The number of benzene rings is 2. The van der Waals surface area contributed by atoms with Crippen LogP contribution in [0.4, 0.5) is 0 Å². The van der Waals surface area contributed by atoms with Crippen molar-refractivity contribution in [3.63, 3.8) is 0 Å². The first kappa shape index (κ1) is 21.5. The highest BCUT2D eigenvalue weighted by Gasteiger charge is 2.24. The van der Waals surface area contributed by atoms with Crippen molar-refractivity contribution in [3.05, 3.63) is 76.5 Å². The smallest absolute Gasteiger partial charge is 0.226 e. The summed E-state index contributed by atoms with van der Waals surface area (Å²) in [6.07, 6.45) is 4.38. The van der Waals surface area contributed by atoms with Crippen LogP contribution in [0.5, 0.6) is 0 Å². The lowest BCUT2D eigenvalue weighted by Crippen LogP contribution is -2.38. The van der Waals surface area contributed by atoms with Gasteiger partial charge in [-0.15, -0.1) is 0 Å². The fourth-order valence-electron chi connectivity index (χ4n) is 3.83. The van der Waals surface area contributed by atoms with E-state index in [0.717, 1.165) is 37.1 Å². The molecule has 5 heteroatoms. The summed E-state index contributed by atoms with van der Waals surface area (Å²) in [6.45, 7) is 5.94. The van der Waals surface area contributed by atoms with Crippen LogP contribution < -0.4 is 5.73 Å². The summed E-state index contributed by atoms with van der Waals surface area (Å²) < 4.78 is 0. The summed E-state index contributed by atoms with van der Waals surface area (Å²) in [7, 11) is -2.22. The Hall–Kier alpha value is -2.21. The Balaban J connectivity index is 1.56. The van der Waals surface area contributed by atoms with E-state index in [1.807, 2.05) is 54.0 Å². The number of carbonyl (C=O) groups excluding carboxylic acids is 1. The first-order chi connectivity index (χ1) is 13.8. The number of piperidine rings is 1. The predicted octanol–water partition coefficient (Wildman–Crippen LogP) is 3.84. The number of likely N-dealkylation sites (tertiary alicyclic amines) is 1. The lowest BCUT2D eigenvalue weighted by molar-refractivity contribution is -0.131. The molecule has 3 N–H and O–H groups in total. The highest BCUT2D eigenvalue weighted by molar-refractivity contribution is 6.75. The van der Waals surface area contributed by atoms with E-state index in [0.29, 0.717) is 18.9 Å². The third-order valence-electron chi connectivity index (χ3n) is 5.50.